The fourth-order valence-electron chi connectivity index (χ4n) is 2.99. The first-order valence-electron chi connectivity index (χ1n) is 10.6. The van der Waals surface area contributed by atoms with E-state index in [0.717, 1.165) is 4.47 Å². The molecular weight excluding hydrogens is 502 g/mol. The van der Waals surface area contributed by atoms with E-state index in [1.807, 2.05) is 13.8 Å². The van der Waals surface area contributed by atoms with Gasteiger partial charge in [-0.15, -0.1) is 0 Å². The van der Waals surface area contributed by atoms with E-state index >= 15 is 0 Å². The van der Waals surface area contributed by atoms with Gasteiger partial charge in [0.15, 0.2) is 11.5 Å². The number of hydrogen-bond donors (Lipinski definition) is 3. The number of rotatable bonds is 8. The molecule has 3 aromatic rings. The molecule has 3 amide bonds. The van der Waals surface area contributed by atoms with Crippen LogP contribution in [0, 0.1) is 0 Å². The zero-order valence-electron chi connectivity index (χ0n) is 18.7. The molecule has 0 aliphatic rings. The Kier molecular flexibility index (Phi) is 8.64. The monoisotopic (exact) mass is 525 g/mol. The first kappa shape index (κ1) is 24.8. The van der Waals surface area contributed by atoms with Gasteiger partial charge < -0.3 is 14.8 Å². The minimum Gasteiger partial charge on any atom is -0.490 e. The van der Waals surface area contributed by atoms with Crippen LogP contribution in [0.5, 0.6) is 11.5 Å². The highest BCUT2D eigenvalue weighted by atomic mass is 79.9. The maximum atomic E-state index is 12.7. The largest absolute Gasteiger partial charge is 0.490 e. The molecule has 0 aliphatic heterocycles. The van der Waals surface area contributed by atoms with Crippen LogP contribution in [0.15, 0.2) is 71.2 Å². The Hall–Kier alpha value is -3.85. The van der Waals surface area contributed by atoms with Gasteiger partial charge in [-0.05, 0) is 74.5 Å². The van der Waals surface area contributed by atoms with E-state index in [4.69, 9.17) is 9.47 Å². The lowest BCUT2D eigenvalue weighted by atomic mass is 10.1. The third-order valence-electron chi connectivity index (χ3n) is 4.58. The lowest BCUT2D eigenvalue weighted by molar-refractivity contribution is 0.0846. The molecular formula is C25H24BrN3O5. The summed E-state index contributed by atoms with van der Waals surface area (Å²) in [5, 5.41) is 2.76. The summed E-state index contributed by atoms with van der Waals surface area (Å²) in [4.78, 5) is 37.4. The summed E-state index contributed by atoms with van der Waals surface area (Å²) >= 11 is 3.30. The molecule has 3 N–H and O–H groups in total. The Labute approximate surface area is 205 Å². The summed E-state index contributed by atoms with van der Waals surface area (Å²) in [6.45, 7) is 4.62. The van der Waals surface area contributed by atoms with Crippen LogP contribution in [-0.4, -0.2) is 30.9 Å². The van der Waals surface area contributed by atoms with Gasteiger partial charge in [-0.25, -0.2) is 0 Å². The molecule has 3 aromatic carbocycles. The molecule has 176 valence electrons. The van der Waals surface area contributed by atoms with Gasteiger partial charge in [0.25, 0.3) is 17.7 Å². The highest BCUT2D eigenvalue weighted by Gasteiger charge is 2.14. The van der Waals surface area contributed by atoms with Crippen LogP contribution in [0.3, 0.4) is 0 Å². The molecule has 0 bridgehead atoms. The predicted octanol–water partition coefficient (Wildman–Crippen LogP) is 4.57. The Morgan fingerprint density at radius 1 is 0.706 bits per heavy atom. The minimum atomic E-state index is -0.527. The number of amides is 3. The number of benzene rings is 3. The van der Waals surface area contributed by atoms with Gasteiger partial charge in [-0.1, -0.05) is 22.0 Å². The third-order valence-corrected chi connectivity index (χ3v) is 5.11. The average Bonchev–Trinajstić information content (AvgIpc) is 2.84. The van der Waals surface area contributed by atoms with Crippen molar-refractivity contribution < 1.29 is 23.9 Å². The average molecular weight is 526 g/mol. The topological polar surface area (TPSA) is 106 Å². The lowest BCUT2D eigenvalue weighted by Crippen LogP contribution is -2.41. The van der Waals surface area contributed by atoms with Crippen molar-refractivity contribution in [1.29, 1.82) is 0 Å². The van der Waals surface area contributed by atoms with Crippen LogP contribution in [-0.2, 0) is 0 Å². The Balaban J connectivity index is 1.65. The number of anilines is 1. The SMILES string of the molecule is CCOc1ccc(C(=O)Nc2cccc(C(=O)NNC(=O)c3ccc(Br)cc3)c2)cc1OCC. The van der Waals surface area contributed by atoms with Crippen LogP contribution in [0.4, 0.5) is 5.69 Å². The van der Waals surface area contributed by atoms with E-state index in [-0.39, 0.29) is 11.5 Å². The molecule has 0 aliphatic carbocycles. The molecule has 0 saturated carbocycles. The lowest BCUT2D eigenvalue weighted by Gasteiger charge is -2.13. The quantitative estimate of drug-likeness (QED) is 0.373. The second-order valence-electron chi connectivity index (χ2n) is 6.98. The highest BCUT2D eigenvalue weighted by molar-refractivity contribution is 9.10. The predicted molar refractivity (Wildman–Crippen MR) is 132 cm³/mol. The maximum Gasteiger partial charge on any atom is 0.269 e. The van der Waals surface area contributed by atoms with Crippen molar-refractivity contribution in [2.45, 2.75) is 13.8 Å². The Morgan fingerprint density at radius 3 is 1.97 bits per heavy atom. The molecule has 34 heavy (non-hydrogen) atoms. The first-order chi connectivity index (χ1) is 16.4. The molecule has 8 nitrogen and oxygen atoms in total. The van der Waals surface area contributed by atoms with Crippen molar-refractivity contribution in [3.8, 4) is 11.5 Å². The van der Waals surface area contributed by atoms with E-state index in [1.165, 1.54) is 6.07 Å². The molecule has 0 spiro atoms. The molecule has 0 radical (unpaired) electrons. The van der Waals surface area contributed by atoms with E-state index in [1.54, 1.807) is 60.7 Å². The van der Waals surface area contributed by atoms with Crippen molar-refractivity contribution in [1.82, 2.24) is 10.9 Å². The number of hydrazine groups is 1. The molecule has 9 heteroatoms. The summed E-state index contributed by atoms with van der Waals surface area (Å²) in [5.41, 5.74) is 6.19. The van der Waals surface area contributed by atoms with Gasteiger partial charge in [0.05, 0.1) is 13.2 Å². The smallest absolute Gasteiger partial charge is 0.269 e. The van der Waals surface area contributed by atoms with E-state index in [2.05, 4.69) is 32.1 Å². The second kappa shape index (κ2) is 11.9. The number of ether oxygens (including phenoxy) is 2. The normalized spacial score (nSPS) is 10.2. The summed E-state index contributed by atoms with van der Waals surface area (Å²) < 4.78 is 11.9. The van der Waals surface area contributed by atoms with Gasteiger partial charge in [0, 0.05) is 26.9 Å². The summed E-state index contributed by atoms with van der Waals surface area (Å²) in [6, 6.07) is 18.0. The fourth-order valence-corrected chi connectivity index (χ4v) is 3.26. The van der Waals surface area contributed by atoms with E-state index < -0.39 is 11.8 Å². The summed E-state index contributed by atoms with van der Waals surface area (Å²) in [7, 11) is 0. The van der Waals surface area contributed by atoms with E-state index in [9.17, 15) is 14.4 Å². The Bertz CT molecular complexity index is 1180. The van der Waals surface area contributed by atoms with Crippen LogP contribution >= 0.6 is 15.9 Å². The van der Waals surface area contributed by atoms with Crippen LogP contribution in [0.25, 0.3) is 0 Å². The summed E-state index contributed by atoms with van der Waals surface area (Å²) in [5.74, 6) is -0.311. The van der Waals surface area contributed by atoms with Crippen molar-refractivity contribution in [2.75, 3.05) is 18.5 Å². The van der Waals surface area contributed by atoms with Crippen LogP contribution < -0.4 is 25.6 Å². The molecule has 0 aromatic heterocycles. The van der Waals surface area contributed by atoms with Crippen molar-refractivity contribution in [3.05, 3.63) is 87.9 Å². The third kappa shape index (κ3) is 6.58. The number of carbonyl (C=O) groups is 3. The van der Waals surface area contributed by atoms with E-state index in [0.29, 0.717) is 41.5 Å². The van der Waals surface area contributed by atoms with Crippen molar-refractivity contribution >= 4 is 39.3 Å². The van der Waals surface area contributed by atoms with Crippen LogP contribution in [0.2, 0.25) is 0 Å². The zero-order chi connectivity index (χ0) is 24.5. The van der Waals surface area contributed by atoms with Gasteiger partial charge >= 0.3 is 0 Å². The fraction of sp³-hybridized carbons (Fsp3) is 0.160. The maximum absolute atomic E-state index is 12.7. The summed E-state index contributed by atoms with van der Waals surface area (Å²) in [6.07, 6.45) is 0. The Morgan fingerprint density at radius 2 is 1.29 bits per heavy atom. The molecule has 3 rings (SSSR count). The van der Waals surface area contributed by atoms with Gasteiger partial charge in [0.2, 0.25) is 0 Å². The number of hydrogen-bond acceptors (Lipinski definition) is 5. The number of halogens is 1. The van der Waals surface area contributed by atoms with Crippen LogP contribution in [0.1, 0.15) is 44.9 Å². The number of carbonyl (C=O) groups excluding carboxylic acids is 3. The molecule has 0 atom stereocenters. The van der Waals surface area contributed by atoms with Gasteiger partial charge in [0.1, 0.15) is 0 Å². The van der Waals surface area contributed by atoms with Gasteiger partial charge in [-0.3, -0.25) is 25.2 Å². The van der Waals surface area contributed by atoms with Crippen molar-refractivity contribution in [3.63, 3.8) is 0 Å². The standard InChI is InChI=1S/C25H24BrN3O5/c1-3-33-21-13-10-18(15-22(21)34-4-2)23(30)27-20-7-5-6-17(14-20)25(32)29-28-24(31)16-8-11-19(26)12-9-16/h5-15H,3-4H2,1-2H3,(H,27,30)(H,28,31)(H,29,32). The number of nitrogens with one attached hydrogen (secondary N) is 3. The molecule has 0 unspecified atom stereocenters. The minimum absolute atomic E-state index is 0.260. The molecule has 0 saturated heterocycles. The molecule has 0 fully saturated rings. The van der Waals surface area contributed by atoms with Crippen molar-refractivity contribution in [2.24, 2.45) is 0 Å². The zero-order valence-corrected chi connectivity index (χ0v) is 20.3. The highest BCUT2D eigenvalue weighted by Crippen LogP contribution is 2.29. The van der Waals surface area contributed by atoms with Gasteiger partial charge in [-0.2, -0.15) is 0 Å². The first-order valence-corrected chi connectivity index (χ1v) is 11.4. The molecule has 0 heterocycles. The second-order valence-corrected chi connectivity index (χ2v) is 7.89.